The number of sulfone groups is 1. The average Bonchev–Trinajstić information content (AvgIpc) is 2.25. The summed E-state index contributed by atoms with van der Waals surface area (Å²) in [5.74, 6) is -0.448. The van der Waals surface area contributed by atoms with E-state index in [9.17, 15) is 13.2 Å². The molecule has 0 amide bonds. The number of aromatic nitrogens is 1. The van der Waals surface area contributed by atoms with Crippen LogP contribution in [0.1, 0.15) is 5.56 Å². The molecule has 1 rings (SSSR count). The van der Waals surface area contributed by atoms with Gasteiger partial charge in [0.15, 0.2) is 5.84 Å². The molecule has 94 valence electrons. The van der Waals surface area contributed by atoms with Crippen LogP contribution in [0.2, 0.25) is 0 Å². The first kappa shape index (κ1) is 13.2. The monoisotopic (exact) mass is 259 g/mol. The minimum atomic E-state index is -3.15. The fourth-order valence-corrected chi connectivity index (χ4v) is 1.75. The summed E-state index contributed by atoms with van der Waals surface area (Å²) in [5.41, 5.74) is 4.85. The Morgan fingerprint density at radius 3 is 2.76 bits per heavy atom. The van der Waals surface area contributed by atoms with Gasteiger partial charge in [-0.1, -0.05) is 5.16 Å². The minimum Gasteiger partial charge on any atom is -0.409 e. The van der Waals surface area contributed by atoms with Crippen molar-refractivity contribution in [3.8, 4) is 0 Å². The zero-order valence-electron chi connectivity index (χ0n) is 9.20. The fourth-order valence-electron chi connectivity index (χ4n) is 1.23. The van der Waals surface area contributed by atoms with E-state index in [1.165, 1.54) is 22.9 Å². The van der Waals surface area contributed by atoms with Gasteiger partial charge in [0.25, 0.3) is 5.56 Å². The van der Waals surface area contributed by atoms with Gasteiger partial charge in [0, 0.05) is 19.0 Å². The van der Waals surface area contributed by atoms with Crippen molar-refractivity contribution >= 4 is 15.7 Å². The van der Waals surface area contributed by atoms with Gasteiger partial charge in [0.2, 0.25) is 0 Å². The predicted octanol–water partition coefficient (Wildman–Crippen LogP) is -1.01. The molecule has 0 aliphatic heterocycles. The summed E-state index contributed by atoms with van der Waals surface area (Å²) in [4.78, 5) is 11.8. The van der Waals surface area contributed by atoms with Crippen molar-refractivity contribution in [2.24, 2.45) is 10.9 Å². The molecule has 1 heterocycles. The molecule has 0 radical (unpaired) electrons. The lowest BCUT2D eigenvalue weighted by atomic mass is 10.2. The normalized spacial score (nSPS) is 12.6. The lowest BCUT2D eigenvalue weighted by Gasteiger charge is -2.06. The van der Waals surface area contributed by atoms with Crippen molar-refractivity contribution in [2.45, 2.75) is 6.54 Å². The van der Waals surface area contributed by atoms with Crippen LogP contribution in [0.4, 0.5) is 0 Å². The molecule has 0 saturated carbocycles. The Labute approximate surface area is 98.1 Å². The highest BCUT2D eigenvalue weighted by Gasteiger charge is 2.09. The zero-order valence-corrected chi connectivity index (χ0v) is 10.0. The molecule has 17 heavy (non-hydrogen) atoms. The maximum Gasteiger partial charge on any atom is 0.261 e. The van der Waals surface area contributed by atoms with E-state index in [1.807, 2.05) is 0 Å². The highest BCUT2D eigenvalue weighted by Crippen LogP contribution is 1.93. The lowest BCUT2D eigenvalue weighted by Crippen LogP contribution is -2.31. The number of nitrogens with two attached hydrogens (primary N) is 1. The molecule has 0 aliphatic rings. The quantitative estimate of drug-likeness (QED) is 0.311. The average molecular weight is 259 g/mol. The summed E-state index contributed by atoms with van der Waals surface area (Å²) in [6, 6.07) is 2.92. The van der Waals surface area contributed by atoms with Gasteiger partial charge in [-0.25, -0.2) is 8.42 Å². The highest BCUT2D eigenvalue weighted by molar-refractivity contribution is 7.90. The van der Waals surface area contributed by atoms with Crippen molar-refractivity contribution in [3.05, 3.63) is 34.2 Å². The van der Waals surface area contributed by atoms with Gasteiger partial charge in [0.05, 0.1) is 11.3 Å². The van der Waals surface area contributed by atoms with E-state index in [4.69, 9.17) is 10.9 Å². The molecule has 0 unspecified atom stereocenters. The number of nitrogens with zero attached hydrogens (tertiary/aromatic N) is 2. The summed E-state index contributed by atoms with van der Waals surface area (Å²) in [5, 5.41) is 11.2. The highest BCUT2D eigenvalue weighted by atomic mass is 32.2. The Hall–Kier alpha value is -1.83. The molecule has 0 atom stereocenters. The molecule has 0 aliphatic carbocycles. The number of aryl methyl sites for hydroxylation is 1. The third-order valence-electron chi connectivity index (χ3n) is 2.11. The summed E-state index contributed by atoms with van der Waals surface area (Å²) in [6.45, 7) is 0.0320. The summed E-state index contributed by atoms with van der Waals surface area (Å²) < 4.78 is 23.2. The molecule has 1 aromatic rings. The molecule has 0 fully saturated rings. The Balaban J connectivity index is 3.08. The van der Waals surface area contributed by atoms with E-state index >= 15 is 0 Å². The van der Waals surface area contributed by atoms with E-state index in [-0.39, 0.29) is 23.7 Å². The third-order valence-corrected chi connectivity index (χ3v) is 3.03. The molecule has 3 N–H and O–H groups in total. The Kier molecular flexibility index (Phi) is 3.89. The topological polar surface area (TPSA) is 115 Å². The smallest absolute Gasteiger partial charge is 0.261 e. The first-order valence-corrected chi connectivity index (χ1v) is 6.76. The molecule has 0 aromatic carbocycles. The number of oxime groups is 1. The Morgan fingerprint density at radius 1 is 1.59 bits per heavy atom. The van der Waals surface area contributed by atoms with Crippen molar-refractivity contribution in [2.75, 3.05) is 12.0 Å². The summed E-state index contributed by atoms with van der Waals surface area (Å²) in [6.07, 6.45) is 2.53. The Bertz CT molecular complexity index is 589. The van der Waals surface area contributed by atoms with Crippen molar-refractivity contribution in [1.29, 1.82) is 0 Å². The number of hydrogen-bond acceptors (Lipinski definition) is 5. The SMILES string of the molecule is CS(=O)(=O)CCn1cccc(/C(N)=N/O)c1=O. The van der Waals surface area contributed by atoms with Crippen LogP contribution in [0.3, 0.4) is 0 Å². The molecular formula is C9H13N3O4S. The molecular weight excluding hydrogens is 246 g/mol. The van der Waals surface area contributed by atoms with E-state index in [2.05, 4.69) is 5.16 Å². The second-order valence-electron chi connectivity index (χ2n) is 3.54. The van der Waals surface area contributed by atoms with Gasteiger partial charge >= 0.3 is 0 Å². The number of pyridine rings is 1. The van der Waals surface area contributed by atoms with E-state index in [0.717, 1.165) is 6.26 Å². The second-order valence-corrected chi connectivity index (χ2v) is 5.80. The standard InChI is InChI=1S/C9H13N3O4S/c1-17(15,16)6-5-12-4-2-3-7(9(12)13)8(10)11-14/h2-4,14H,5-6H2,1H3,(H2,10,11). The molecule has 1 aromatic heterocycles. The number of amidine groups is 1. The third kappa shape index (κ3) is 3.59. The van der Waals surface area contributed by atoms with Gasteiger partial charge in [-0.15, -0.1) is 0 Å². The van der Waals surface area contributed by atoms with Crippen molar-refractivity contribution < 1.29 is 13.6 Å². The van der Waals surface area contributed by atoms with Crippen LogP contribution in [-0.2, 0) is 16.4 Å². The van der Waals surface area contributed by atoms with Gasteiger partial charge in [-0.3, -0.25) is 4.79 Å². The zero-order chi connectivity index (χ0) is 13.1. The minimum absolute atomic E-state index is 0.0310. The van der Waals surface area contributed by atoms with Crippen LogP contribution in [0.5, 0.6) is 0 Å². The Morgan fingerprint density at radius 2 is 2.24 bits per heavy atom. The van der Waals surface area contributed by atoms with Crippen molar-refractivity contribution in [3.63, 3.8) is 0 Å². The molecule has 0 spiro atoms. The van der Waals surface area contributed by atoms with Gasteiger partial charge in [-0.2, -0.15) is 0 Å². The first-order chi connectivity index (χ1) is 7.85. The van der Waals surface area contributed by atoms with Crippen LogP contribution < -0.4 is 11.3 Å². The van der Waals surface area contributed by atoms with Crippen LogP contribution in [0, 0.1) is 0 Å². The van der Waals surface area contributed by atoms with Gasteiger partial charge < -0.3 is 15.5 Å². The predicted molar refractivity (Wildman–Crippen MR) is 62.9 cm³/mol. The second kappa shape index (κ2) is 5.00. The van der Waals surface area contributed by atoms with Crippen LogP contribution >= 0.6 is 0 Å². The van der Waals surface area contributed by atoms with Crippen LogP contribution in [0.15, 0.2) is 28.3 Å². The van der Waals surface area contributed by atoms with Gasteiger partial charge in [-0.05, 0) is 12.1 Å². The number of rotatable bonds is 4. The maximum absolute atomic E-state index is 11.8. The lowest BCUT2D eigenvalue weighted by molar-refractivity contribution is 0.318. The van der Waals surface area contributed by atoms with Crippen LogP contribution in [-0.4, -0.2) is 36.0 Å². The van der Waals surface area contributed by atoms with Gasteiger partial charge in [0.1, 0.15) is 9.84 Å². The van der Waals surface area contributed by atoms with E-state index < -0.39 is 15.4 Å². The fraction of sp³-hybridized carbons (Fsp3) is 0.333. The number of hydrogen-bond donors (Lipinski definition) is 2. The summed E-state index contributed by atoms with van der Waals surface area (Å²) in [7, 11) is -3.15. The van der Waals surface area contributed by atoms with Crippen LogP contribution in [0.25, 0.3) is 0 Å². The van der Waals surface area contributed by atoms with E-state index in [1.54, 1.807) is 0 Å². The van der Waals surface area contributed by atoms with E-state index in [0.29, 0.717) is 0 Å². The van der Waals surface area contributed by atoms with Crippen molar-refractivity contribution in [1.82, 2.24) is 4.57 Å². The summed E-state index contributed by atoms with van der Waals surface area (Å²) >= 11 is 0. The molecule has 0 bridgehead atoms. The molecule has 8 heteroatoms. The maximum atomic E-state index is 11.8. The molecule has 7 nitrogen and oxygen atoms in total. The molecule has 0 saturated heterocycles. The first-order valence-electron chi connectivity index (χ1n) is 4.70. The largest absolute Gasteiger partial charge is 0.409 e.